The van der Waals surface area contributed by atoms with Gasteiger partial charge in [0.15, 0.2) is 0 Å². The van der Waals surface area contributed by atoms with Gasteiger partial charge in [-0.2, -0.15) is 11.8 Å². The minimum atomic E-state index is -0.951. The van der Waals surface area contributed by atoms with Crippen LogP contribution in [0, 0.1) is 0 Å². The molecule has 5 nitrogen and oxygen atoms in total. The molecule has 0 radical (unpaired) electrons. The number of thioether (sulfide) groups is 1. The number of ether oxygens (including phenoxy) is 1. The van der Waals surface area contributed by atoms with Gasteiger partial charge in [0.25, 0.3) is 0 Å². The van der Waals surface area contributed by atoms with Crippen molar-refractivity contribution in [2.45, 2.75) is 6.04 Å². The maximum absolute atomic E-state index is 12.2. The van der Waals surface area contributed by atoms with Crippen LogP contribution in [-0.4, -0.2) is 53.1 Å². The van der Waals surface area contributed by atoms with Crippen molar-refractivity contribution in [3.8, 4) is 5.75 Å². The molecule has 6 heteroatoms. The van der Waals surface area contributed by atoms with Crippen LogP contribution in [0.15, 0.2) is 30.3 Å². The van der Waals surface area contributed by atoms with Gasteiger partial charge >= 0.3 is 5.97 Å². The number of carbonyl (C=O) groups is 2. The van der Waals surface area contributed by atoms with Gasteiger partial charge in [-0.25, -0.2) is 4.79 Å². The van der Waals surface area contributed by atoms with Gasteiger partial charge in [-0.15, -0.1) is 0 Å². The zero-order valence-electron chi connectivity index (χ0n) is 11.7. The normalized spacial score (nSPS) is 18.7. The maximum Gasteiger partial charge on any atom is 0.327 e. The molecule has 1 saturated heterocycles. The fourth-order valence-corrected chi connectivity index (χ4v) is 3.09. The van der Waals surface area contributed by atoms with Crippen LogP contribution in [0.5, 0.6) is 5.75 Å². The molecule has 1 aromatic carbocycles. The van der Waals surface area contributed by atoms with E-state index in [-0.39, 0.29) is 5.91 Å². The van der Waals surface area contributed by atoms with Crippen molar-refractivity contribution in [2.24, 2.45) is 0 Å². The lowest BCUT2D eigenvalue weighted by molar-refractivity contribution is -0.147. The zero-order chi connectivity index (χ0) is 15.2. The van der Waals surface area contributed by atoms with Crippen molar-refractivity contribution < 1.29 is 19.4 Å². The largest absolute Gasteiger partial charge is 0.497 e. The second-order valence-corrected chi connectivity index (χ2v) is 5.72. The maximum atomic E-state index is 12.2. The van der Waals surface area contributed by atoms with Crippen LogP contribution >= 0.6 is 11.8 Å². The summed E-state index contributed by atoms with van der Waals surface area (Å²) in [5, 5.41) is 9.16. The number of amides is 1. The van der Waals surface area contributed by atoms with E-state index in [9.17, 15) is 9.59 Å². The quantitative estimate of drug-likeness (QED) is 0.858. The second-order valence-electron chi connectivity index (χ2n) is 4.57. The summed E-state index contributed by atoms with van der Waals surface area (Å²) in [6.07, 6.45) is 3.11. The van der Waals surface area contributed by atoms with Crippen LogP contribution in [0.2, 0.25) is 0 Å². The fourth-order valence-electron chi connectivity index (χ4n) is 2.05. The molecule has 0 bridgehead atoms. The van der Waals surface area contributed by atoms with Gasteiger partial charge in [0.05, 0.1) is 7.11 Å². The lowest BCUT2D eigenvalue weighted by atomic mass is 10.2. The molecule has 0 spiro atoms. The SMILES string of the molecule is COc1ccc(/C=C/C(=O)N2CCSCC2C(=O)O)cc1. The van der Waals surface area contributed by atoms with Crippen molar-refractivity contribution in [3.05, 3.63) is 35.9 Å². The molecule has 1 N–H and O–H groups in total. The Hall–Kier alpha value is -1.95. The predicted octanol–water partition coefficient (Wildman–Crippen LogP) is 1.74. The highest BCUT2D eigenvalue weighted by molar-refractivity contribution is 7.99. The third-order valence-electron chi connectivity index (χ3n) is 3.23. The first-order valence-corrected chi connectivity index (χ1v) is 7.70. The molecule has 1 aromatic rings. The lowest BCUT2D eigenvalue weighted by Crippen LogP contribution is -2.49. The van der Waals surface area contributed by atoms with Crippen LogP contribution in [0.1, 0.15) is 5.56 Å². The minimum absolute atomic E-state index is 0.265. The number of methoxy groups -OCH3 is 1. The number of carboxylic acid groups (broad SMARTS) is 1. The molecule has 112 valence electrons. The molecule has 0 aromatic heterocycles. The first-order chi connectivity index (χ1) is 10.1. The Morgan fingerprint density at radius 1 is 1.38 bits per heavy atom. The number of aliphatic carboxylic acids is 1. The number of carboxylic acids is 1. The average molecular weight is 307 g/mol. The van der Waals surface area contributed by atoms with Crippen molar-refractivity contribution in [1.82, 2.24) is 4.90 Å². The summed E-state index contributed by atoms with van der Waals surface area (Å²) in [5.74, 6) is 0.743. The van der Waals surface area contributed by atoms with Gasteiger partial charge in [-0.3, -0.25) is 4.79 Å². The van der Waals surface area contributed by atoms with E-state index in [2.05, 4.69) is 0 Å². The van der Waals surface area contributed by atoms with E-state index in [4.69, 9.17) is 9.84 Å². The van der Waals surface area contributed by atoms with E-state index in [1.165, 1.54) is 11.0 Å². The summed E-state index contributed by atoms with van der Waals surface area (Å²) in [4.78, 5) is 24.7. The summed E-state index contributed by atoms with van der Waals surface area (Å²) in [6, 6.07) is 6.55. The molecule has 0 saturated carbocycles. The number of rotatable bonds is 4. The molecule has 1 aliphatic rings. The van der Waals surface area contributed by atoms with Gasteiger partial charge in [0, 0.05) is 24.1 Å². The molecule has 1 fully saturated rings. The standard InChI is InChI=1S/C15H17NO4S/c1-20-12-5-2-11(3-6-12)4-7-14(17)16-8-9-21-10-13(16)15(18)19/h2-7,13H,8-10H2,1H3,(H,18,19)/b7-4+. The third-order valence-corrected chi connectivity index (χ3v) is 4.25. The first-order valence-electron chi connectivity index (χ1n) is 6.55. The molecule has 2 rings (SSSR count). The minimum Gasteiger partial charge on any atom is -0.497 e. The van der Waals surface area contributed by atoms with E-state index in [0.29, 0.717) is 12.3 Å². The molecule has 1 unspecified atom stereocenters. The fraction of sp³-hybridized carbons (Fsp3) is 0.333. The Morgan fingerprint density at radius 2 is 2.10 bits per heavy atom. The predicted molar refractivity (Wildman–Crippen MR) is 82.5 cm³/mol. The Kier molecular flexibility index (Phi) is 5.27. The molecular formula is C15H17NO4S. The summed E-state index contributed by atoms with van der Waals surface area (Å²) in [5.41, 5.74) is 0.863. The van der Waals surface area contributed by atoms with E-state index in [1.807, 2.05) is 24.3 Å². The smallest absolute Gasteiger partial charge is 0.327 e. The first kappa shape index (κ1) is 15.4. The van der Waals surface area contributed by atoms with Crippen LogP contribution < -0.4 is 4.74 Å². The Balaban J connectivity index is 2.04. The molecule has 0 aliphatic carbocycles. The van der Waals surface area contributed by atoms with Crippen molar-refractivity contribution in [3.63, 3.8) is 0 Å². The molecule has 21 heavy (non-hydrogen) atoms. The van der Waals surface area contributed by atoms with Gasteiger partial charge < -0.3 is 14.7 Å². The highest BCUT2D eigenvalue weighted by atomic mass is 32.2. The number of hydrogen-bond acceptors (Lipinski definition) is 4. The monoisotopic (exact) mass is 307 g/mol. The highest BCUT2D eigenvalue weighted by Crippen LogP contribution is 2.18. The average Bonchev–Trinajstić information content (AvgIpc) is 2.53. The molecule has 1 heterocycles. The van der Waals surface area contributed by atoms with Gasteiger partial charge in [0.1, 0.15) is 11.8 Å². The second kappa shape index (κ2) is 7.17. The van der Waals surface area contributed by atoms with Crippen LogP contribution in [0.25, 0.3) is 6.08 Å². The number of hydrogen-bond donors (Lipinski definition) is 1. The topological polar surface area (TPSA) is 66.8 Å². The summed E-state index contributed by atoms with van der Waals surface area (Å²) >= 11 is 1.56. The lowest BCUT2D eigenvalue weighted by Gasteiger charge is -2.31. The van der Waals surface area contributed by atoms with Crippen molar-refractivity contribution in [1.29, 1.82) is 0 Å². The highest BCUT2D eigenvalue weighted by Gasteiger charge is 2.31. The van der Waals surface area contributed by atoms with Crippen molar-refractivity contribution >= 4 is 29.7 Å². The molecular weight excluding hydrogens is 290 g/mol. The van der Waals surface area contributed by atoms with Gasteiger partial charge in [-0.05, 0) is 23.8 Å². The van der Waals surface area contributed by atoms with Crippen LogP contribution in [-0.2, 0) is 9.59 Å². The molecule has 1 amide bonds. The van der Waals surface area contributed by atoms with Gasteiger partial charge in [0.2, 0.25) is 5.91 Å². The van der Waals surface area contributed by atoms with E-state index in [1.54, 1.807) is 24.9 Å². The summed E-state index contributed by atoms with van der Waals surface area (Å²) in [6.45, 7) is 0.466. The Morgan fingerprint density at radius 3 is 2.71 bits per heavy atom. The molecule has 1 atom stereocenters. The van der Waals surface area contributed by atoms with E-state index >= 15 is 0 Å². The number of nitrogens with zero attached hydrogens (tertiary/aromatic N) is 1. The van der Waals surface area contributed by atoms with Crippen molar-refractivity contribution in [2.75, 3.05) is 25.2 Å². The summed E-state index contributed by atoms with van der Waals surface area (Å²) < 4.78 is 5.06. The molecule has 1 aliphatic heterocycles. The number of carbonyl (C=O) groups excluding carboxylic acids is 1. The Labute approximate surface area is 127 Å². The zero-order valence-corrected chi connectivity index (χ0v) is 12.5. The number of benzene rings is 1. The van der Waals surface area contributed by atoms with Gasteiger partial charge in [-0.1, -0.05) is 12.1 Å². The third kappa shape index (κ3) is 4.01. The van der Waals surface area contributed by atoms with Crippen LogP contribution in [0.3, 0.4) is 0 Å². The van der Waals surface area contributed by atoms with E-state index in [0.717, 1.165) is 17.1 Å². The Bertz CT molecular complexity index is 541. The summed E-state index contributed by atoms with van der Waals surface area (Å²) in [7, 11) is 1.59. The van der Waals surface area contributed by atoms with Crippen LogP contribution in [0.4, 0.5) is 0 Å². The van der Waals surface area contributed by atoms with E-state index < -0.39 is 12.0 Å².